The molecule has 37 heavy (non-hydrogen) atoms. The Hall–Kier alpha value is -3.59. The summed E-state index contributed by atoms with van der Waals surface area (Å²) < 4.78 is 10.7. The number of carbonyl (C=O) groups excluding carboxylic acids is 3. The standard InChI is InChI=1S/C28H38N4O5/c1-21(33)30-24(18-23-10-11-25(36-2)26(19-23)37-3)28(35)32-15-7-14-31(16-17-32)20-27(34)29-13-12-22-8-5-4-6-9-22/h4-6,8-11,19,24H,7,12-18,20H2,1-3H3,(H,29,34)(H,30,33). The molecule has 0 aromatic heterocycles. The maximum Gasteiger partial charge on any atom is 0.245 e. The summed E-state index contributed by atoms with van der Waals surface area (Å²) in [5, 5.41) is 5.80. The van der Waals surface area contributed by atoms with Gasteiger partial charge < -0.3 is 25.0 Å². The van der Waals surface area contributed by atoms with Gasteiger partial charge in [0.1, 0.15) is 6.04 Å². The molecule has 9 nitrogen and oxygen atoms in total. The molecule has 1 fully saturated rings. The number of ether oxygens (including phenoxy) is 2. The quantitative estimate of drug-likeness (QED) is 0.477. The van der Waals surface area contributed by atoms with E-state index in [1.807, 2.05) is 42.5 Å². The van der Waals surface area contributed by atoms with E-state index in [4.69, 9.17) is 9.47 Å². The van der Waals surface area contributed by atoms with E-state index in [1.165, 1.54) is 12.5 Å². The van der Waals surface area contributed by atoms with Gasteiger partial charge in [-0.3, -0.25) is 19.3 Å². The van der Waals surface area contributed by atoms with Crippen molar-refractivity contribution in [1.82, 2.24) is 20.4 Å². The van der Waals surface area contributed by atoms with Crippen molar-refractivity contribution in [2.24, 2.45) is 0 Å². The van der Waals surface area contributed by atoms with Crippen molar-refractivity contribution in [3.63, 3.8) is 0 Å². The summed E-state index contributed by atoms with van der Waals surface area (Å²) in [6.45, 7) is 4.71. The van der Waals surface area contributed by atoms with Gasteiger partial charge in [-0.25, -0.2) is 0 Å². The molecule has 3 rings (SSSR count). The Morgan fingerprint density at radius 1 is 0.919 bits per heavy atom. The molecule has 0 spiro atoms. The molecule has 1 saturated heterocycles. The number of amides is 3. The predicted molar refractivity (Wildman–Crippen MR) is 142 cm³/mol. The van der Waals surface area contributed by atoms with Crippen molar-refractivity contribution < 1.29 is 23.9 Å². The molecule has 200 valence electrons. The molecule has 0 saturated carbocycles. The summed E-state index contributed by atoms with van der Waals surface area (Å²) in [5.41, 5.74) is 2.04. The van der Waals surface area contributed by atoms with Crippen molar-refractivity contribution in [1.29, 1.82) is 0 Å². The van der Waals surface area contributed by atoms with E-state index >= 15 is 0 Å². The molecular formula is C28H38N4O5. The molecule has 1 atom stereocenters. The fraction of sp³-hybridized carbons (Fsp3) is 0.464. The summed E-state index contributed by atoms with van der Waals surface area (Å²) in [6, 6.07) is 14.8. The number of hydrogen-bond acceptors (Lipinski definition) is 6. The van der Waals surface area contributed by atoms with Gasteiger partial charge in [-0.15, -0.1) is 0 Å². The second-order valence-corrected chi connectivity index (χ2v) is 9.19. The topological polar surface area (TPSA) is 100 Å². The smallest absolute Gasteiger partial charge is 0.245 e. The third-order valence-electron chi connectivity index (χ3n) is 6.41. The lowest BCUT2D eigenvalue weighted by molar-refractivity contribution is -0.136. The highest BCUT2D eigenvalue weighted by Gasteiger charge is 2.28. The summed E-state index contributed by atoms with van der Waals surface area (Å²) in [4.78, 5) is 41.6. The van der Waals surface area contributed by atoms with Gasteiger partial charge in [0.2, 0.25) is 17.7 Å². The van der Waals surface area contributed by atoms with Crippen molar-refractivity contribution in [3.8, 4) is 11.5 Å². The highest BCUT2D eigenvalue weighted by molar-refractivity contribution is 5.87. The van der Waals surface area contributed by atoms with Crippen LogP contribution in [0, 0.1) is 0 Å². The van der Waals surface area contributed by atoms with Gasteiger partial charge in [-0.2, -0.15) is 0 Å². The van der Waals surface area contributed by atoms with Crippen molar-refractivity contribution in [2.45, 2.75) is 32.2 Å². The third kappa shape index (κ3) is 8.78. The number of nitrogens with zero attached hydrogens (tertiary/aromatic N) is 2. The van der Waals surface area contributed by atoms with E-state index in [0.29, 0.717) is 50.6 Å². The van der Waals surface area contributed by atoms with E-state index < -0.39 is 6.04 Å². The molecule has 1 heterocycles. The van der Waals surface area contributed by atoms with E-state index in [-0.39, 0.29) is 17.7 Å². The molecule has 2 aromatic rings. The molecule has 2 N–H and O–H groups in total. The number of rotatable bonds is 11. The van der Waals surface area contributed by atoms with Crippen molar-refractivity contribution in [2.75, 3.05) is 53.5 Å². The predicted octanol–water partition coefficient (Wildman–Crippen LogP) is 1.64. The Morgan fingerprint density at radius 2 is 1.68 bits per heavy atom. The van der Waals surface area contributed by atoms with Gasteiger partial charge in [0.05, 0.1) is 20.8 Å². The molecule has 1 aliphatic heterocycles. The molecule has 1 unspecified atom stereocenters. The SMILES string of the molecule is COc1ccc(CC(NC(C)=O)C(=O)N2CCCN(CC(=O)NCCc3ccccc3)CC2)cc1OC. The zero-order valence-corrected chi connectivity index (χ0v) is 22.0. The summed E-state index contributed by atoms with van der Waals surface area (Å²) in [6.07, 6.45) is 1.88. The fourth-order valence-corrected chi connectivity index (χ4v) is 4.51. The van der Waals surface area contributed by atoms with Crippen molar-refractivity contribution in [3.05, 3.63) is 59.7 Å². The maximum atomic E-state index is 13.4. The average molecular weight is 511 g/mol. The lowest BCUT2D eigenvalue weighted by Gasteiger charge is -2.27. The lowest BCUT2D eigenvalue weighted by atomic mass is 10.0. The van der Waals surface area contributed by atoms with Gasteiger partial charge >= 0.3 is 0 Å². The van der Waals surface area contributed by atoms with E-state index in [0.717, 1.165) is 24.9 Å². The molecule has 1 aliphatic rings. The second-order valence-electron chi connectivity index (χ2n) is 9.19. The van der Waals surface area contributed by atoms with Crippen LogP contribution >= 0.6 is 0 Å². The van der Waals surface area contributed by atoms with E-state index in [1.54, 1.807) is 25.2 Å². The fourth-order valence-electron chi connectivity index (χ4n) is 4.51. The van der Waals surface area contributed by atoms with Crippen LogP contribution in [0.1, 0.15) is 24.5 Å². The summed E-state index contributed by atoms with van der Waals surface area (Å²) >= 11 is 0. The zero-order valence-electron chi connectivity index (χ0n) is 22.0. The first-order valence-electron chi connectivity index (χ1n) is 12.7. The molecule has 2 aromatic carbocycles. The Bertz CT molecular complexity index is 1050. The van der Waals surface area contributed by atoms with Crippen LogP contribution in [0.3, 0.4) is 0 Å². The molecule has 9 heteroatoms. The van der Waals surface area contributed by atoms with Crippen LogP contribution in [0.5, 0.6) is 11.5 Å². The van der Waals surface area contributed by atoms with Crippen LogP contribution < -0.4 is 20.1 Å². The van der Waals surface area contributed by atoms with E-state index in [9.17, 15) is 14.4 Å². The molecule has 0 radical (unpaired) electrons. The highest BCUT2D eigenvalue weighted by Crippen LogP contribution is 2.28. The minimum absolute atomic E-state index is 0.0136. The number of methoxy groups -OCH3 is 2. The Kier molecular flexibility index (Phi) is 10.8. The average Bonchev–Trinajstić information content (AvgIpc) is 3.13. The molecule has 0 bridgehead atoms. The molecular weight excluding hydrogens is 472 g/mol. The first-order chi connectivity index (χ1) is 17.9. The Morgan fingerprint density at radius 3 is 2.38 bits per heavy atom. The molecule has 0 aliphatic carbocycles. The number of carbonyl (C=O) groups is 3. The lowest BCUT2D eigenvalue weighted by Crippen LogP contribution is -2.50. The Labute approximate surface area is 219 Å². The monoisotopic (exact) mass is 510 g/mol. The third-order valence-corrected chi connectivity index (χ3v) is 6.41. The van der Waals surface area contributed by atoms with Crippen LogP contribution in [-0.4, -0.2) is 87.1 Å². The minimum Gasteiger partial charge on any atom is -0.493 e. The zero-order chi connectivity index (χ0) is 26.6. The van der Waals surface area contributed by atoms with Crippen LogP contribution in [0.2, 0.25) is 0 Å². The van der Waals surface area contributed by atoms with Gasteiger partial charge in [0.15, 0.2) is 11.5 Å². The number of hydrogen-bond donors (Lipinski definition) is 2. The van der Waals surface area contributed by atoms with Crippen LogP contribution in [0.4, 0.5) is 0 Å². The first kappa shape index (κ1) is 28.0. The summed E-state index contributed by atoms with van der Waals surface area (Å²) in [7, 11) is 3.13. The van der Waals surface area contributed by atoms with Crippen LogP contribution in [-0.2, 0) is 27.2 Å². The second kappa shape index (κ2) is 14.2. The maximum absolute atomic E-state index is 13.4. The number of nitrogens with one attached hydrogen (secondary N) is 2. The van der Waals surface area contributed by atoms with Crippen LogP contribution in [0.15, 0.2) is 48.5 Å². The van der Waals surface area contributed by atoms with Gasteiger partial charge in [0.25, 0.3) is 0 Å². The van der Waals surface area contributed by atoms with Gasteiger partial charge in [0, 0.05) is 46.1 Å². The van der Waals surface area contributed by atoms with Gasteiger partial charge in [-0.1, -0.05) is 36.4 Å². The van der Waals surface area contributed by atoms with E-state index in [2.05, 4.69) is 15.5 Å². The molecule has 3 amide bonds. The largest absolute Gasteiger partial charge is 0.493 e. The highest BCUT2D eigenvalue weighted by atomic mass is 16.5. The first-order valence-corrected chi connectivity index (χ1v) is 12.7. The van der Waals surface area contributed by atoms with Crippen LogP contribution in [0.25, 0.3) is 0 Å². The Balaban J connectivity index is 1.53. The minimum atomic E-state index is -0.691. The number of benzene rings is 2. The normalized spacial score (nSPS) is 14.8. The summed E-state index contributed by atoms with van der Waals surface area (Å²) in [5.74, 6) is 0.772. The van der Waals surface area contributed by atoms with Gasteiger partial charge in [-0.05, 0) is 36.1 Å². The van der Waals surface area contributed by atoms with Crippen molar-refractivity contribution >= 4 is 17.7 Å².